The topological polar surface area (TPSA) is 93.0 Å². The van der Waals surface area contributed by atoms with E-state index in [9.17, 15) is 10.1 Å². The minimum absolute atomic E-state index is 0.0717. The summed E-state index contributed by atoms with van der Waals surface area (Å²) in [4.78, 5) is 19.2. The predicted octanol–water partition coefficient (Wildman–Crippen LogP) is 5.18. The van der Waals surface area contributed by atoms with E-state index < -0.39 is 4.92 Å². The van der Waals surface area contributed by atoms with Gasteiger partial charge in [0.25, 0.3) is 0 Å². The molecule has 0 unspecified atom stereocenters. The maximum absolute atomic E-state index is 11.6. The van der Waals surface area contributed by atoms with Crippen molar-refractivity contribution in [1.82, 2.24) is 9.97 Å². The Kier molecular flexibility index (Phi) is 5.55. The average molecular weight is 382 g/mol. The van der Waals surface area contributed by atoms with Crippen LogP contribution in [-0.4, -0.2) is 20.9 Å². The van der Waals surface area contributed by atoms with Crippen molar-refractivity contribution in [1.29, 1.82) is 0 Å². The quantitative estimate of drug-likeness (QED) is 0.547. The van der Waals surface area contributed by atoms with Gasteiger partial charge in [0.15, 0.2) is 0 Å². The molecule has 132 valence electrons. The number of nitro groups is 1. The van der Waals surface area contributed by atoms with E-state index in [4.69, 9.17) is 23.2 Å². The fourth-order valence-corrected chi connectivity index (χ4v) is 3.25. The van der Waals surface area contributed by atoms with Gasteiger partial charge in [0.2, 0.25) is 11.6 Å². The highest BCUT2D eigenvalue weighted by molar-refractivity contribution is 6.35. The van der Waals surface area contributed by atoms with Crippen LogP contribution in [0.15, 0.2) is 24.5 Å². The van der Waals surface area contributed by atoms with Gasteiger partial charge in [0.05, 0.1) is 15.6 Å². The molecule has 2 aromatic rings. The van der Waals surface area contributed by atoms with Gasteiger partial charge in [-0.05, 0) is 31.0 Å². The summed E-state index contributed by atoms with van der Waals surface area (Å²) in [5.74, 6) is 0.287. The van der Waals surface area contributed by atoms with Crippen molar-refractivity contribution in [2.24, 2.45) is 0 Å². The second-order valence-corrected chi connectivity index (χ2v) is 6.75. The first kappa shape index (κ1) is 17.7. The Morgan fingerprint density at radius 2 is 1.84 bits per heavy atom. The highest BCUT2D eigenvalue weighted by atomic mass is 35.5. The van der Waals surface area contributed by atoms with Crippen molar-refractivity contribution in [3.63, 3.8) is 0 Å². The molecule has 1 saturated carbocycles. The molecule has 2 N–H and O–H groups in total. The van der Waals surface area contributed by atoms with E-state index in [0.29, 0.717) is 15.7 Å². The lowest BCUT2D eigenvalue weighted by Gasteiger charge is -2.23. The van der Waals surface area contributed by atoms with Crippen LogP contribution in [0, 0.1) is 10.1 Å². The van der Waals surface area contributed by atoms with Gasteiger partial charge in [-0.15, -0.1) is 0 Å². The van der Waals surface area contributed by atoms with Gasteiger partial charge >= 0.3 is 5.69 Å². The number of nitrogens with zero attached hydrogens (tertiary/aromatic N) is 3. The molecule has 1 aliphatic rings. The van der Waals surface area contributed by atoms with E-state index in [2.05, 4.69) is 20.6 Å². The molecule has 1 fully saturated rings. The van der Waals surface area contributed by atoms with Gasteiger partial charge < -0.3 is 10.6 Å². The molecule has 1 aromatic heterocycles. The van der Waals surface area contributed by atoms with Gasteiger partial charge in [-0.3, -0.25) is 10.1 Å². The smallest absolute Gasteiger partial charge is 0.353 e. The molecule has 0 amide bonds. The first-order valence-electron chi connectivity index (χ1n) is 8.02. The number of aromatic nitrogens is 2. The number of rotatable bonds is 5. The predicted molar refractivity (Wildman–Crippen MR) is 98.9 cm³/mol. The van der Waals surface area contributed by atoms with Crippen molar-refractivity contribution in [2.45, 2.75) is 38.1 Å². The largest absolute Gasteiger partial charge is 0.361 e. The first-order valence-corrected chi connectivity index (χ1v) is 8.78. The lowest BCUT2D eigenvalue weighted by molar-refractivity contribution is -0.383. The molecule has 1 aromatic carbocycles. The summed E-state index contributed by atoms with van der Waals surface area (Å²) >= 11 is 12.1. The average Bonchev–Trinajstić information content (AvgIpc) is 2.59. The Morgan fingerprint density at radius 1 is 1.12 bits per heavy atom. The molecule has 0 atom stereocenters. The zero-order valence-electron chi connectivity index (χ0n) is 13.3. The monoisotopic (exact) mass is 381 g/mol. The zero-order valence-corrected chi connectivity index (χ0v) is 14.8. The van der Waals surface area contributed by atoms with Crippen LogP contribution in [0.3, 0.4) is 0 Å². The standard InChI is InChI=1S/C16H17Cl2N5O2/c17-10-6-7-12(18)13(8-10)22-16-14(23(24)25)15(19-9-20-16)21-11-4-2-1-3-5-11/h6-9,11H,1-5H2,(H2,19,20,21,22). The number of nitrogens with one attached hydrogen (secondary N) is 2. The summed E-state index contributed by atoms with van der Waals surface area (Å²) in [6, 6.07) is 5.02. The molecular formula is C16H17Cl2N5O2. The van der Waals surface area contributed by atoms with E-state index in [1.54, 1.807) is 18.2 Å². The molecule has 25 heavy (non-hydrogen) atoms. The summed E-state index contributed by atoms with van der Waals surface area (Å²) in [6.45, 7) is 0. The molecule has 7 nitrogen and oxygen atoms in total. The lowest BCUT2D eigenvalue weighted by atomic mass is 9.95. The maximum atomic E-state index is 11.6. The molecule has 9 heteroatoms. The molecule has 3 rings (SSSR count). The Labute approximate surface area is 154 Å². The van der Waals surface area contributed by atoms with Gasteiger partial charge in [0.1, 0.15) is 6.33 Å². The number of halogens is 2. The summed E-state index contributed by atoms with van der Waals surface area (Å²) in [7, 11) is 0. The van der Waals surface area contributed by atoms with Gasteiger partial charge in [0, 0.05) is 11.1 Å². The third-order valence-electron chi connectivity index (χ3n) is 4.13. The molecule has 1 aliphatic carbocycles. The third-order valence-corrected chi connectivity index (χ3v) is 4.70. The van der Waals surface area contributed by atoms with Crippen molar-refractivity contribution < 1.29 is 4.92 Å². The SMILES string of the molecule is O=[N+]([O-])c1c(Nc2cc(Cl)ccc2Cl)ncnc1NC1CCCCC1. The molecule has 1 heterocycles. The number of benzene rings is 1. The Balaban J connectivity index is 1.92. The minimum Gasteiger partial charge on any atom is -0.361 e. The molecule has 0 bridgehead atoms. The van der Waals surface area contributed by atoms with Crippen molar-refractivity contribution >= 4 is 46.2 Å². The van der Waals surface area contributed by atoms with E-state index in [0.717, 1.165) is 25.7 Å². The number of hydrogen-bond acceptors (Lipinski definition) is 6. The number of anilines is 3. The second kappa shape index (κ2) is 7.84. The fourth-order valence-electron chi connectivity index (χ4n) is 2.91. The number of hydrogen-bond donors (Lipinski definition) is 2. The van der Waals surface area contributed by atoms with Crippen molar-refractivity contribution in [3.05, 3.63) is 44.7 Å². The normalized spacial score (nSPS) is 15.0. The zero-order chi connectivity index (χ0) is 17.8. The van der Waals surface area contributed by atoms with Crippen LogP contribution in [-0.2, 0) is 0 Å². The van der Waals surface area contributed by atoms with E-state index in [1.165, 1.54) is 12.7 Å². The maximum Gasteiger partial charge on any atom is 0.353 e. The highest BCUT2D eigenvalue weighted by Gasteiger charge is 2.26. The van der Waals surface area contributed by atoms with Gasteiger partial charge in [-0.2, -0.15) is 0 Å². The van der Waals surface area contributed by atoms with E-state index >= 15 is 0 Å². The summed E-state index contributed by atoms with van der Waals surface area (Å²) < 4.78 is 0. The van der Waals surface area contributed by atoms with Crippen LogP contribution in [0.5, 0.6) is 0 Å². The minimum atomic E-state index is -0.494. The van der Waals surface area contributed by atoms with Crippen LogP contribution in [0.25, 0.3) is 0 Å². The first-order chi connectivity index (χ1) is 12.0. The van der Waals surface area contributed by atoms with Crippen LogP contribution in [0.4, 0.5) is 23.0 Å². The van der Waals surface area contributed by atoms with E-state index in [-0.39, 0.29) is 23.4 Å². The van der Waals surface area contributed by atoms with Crippen LogP contribution >= 0.6 is 23.2 Å². The Morgan fingerprint density at radius 3 is 2.56 bits per heavy atom. The van der Waals surface area contributed by atoms with Crippen LogP contribution < -0.4 is 10.6 Å². The van der Waals surface area contributed by atoms with Gasteiger partial charge in [-0.25, -0.2) is 9.97 Å². The lowest BCUT2D eigenvalue weighted by Crippen LogP contribution is -2.23. The molecule has 0 saturated heterocycles. The van der Waals surface area contributed by atoms with E-state index in [1.807, 2.05) is 0 Å². The second-order valence-electron chi connectivity index (χ2n) is 5.91. The molecular weight excluding hydrogens is 365 g/mol. The molecule has 0 spiro atoms. The summed E-state index contributed by atoms with van der Waals surface area (Å²) in [6.07, 6.45) is 6.66. The Hall–Kier alpha value is -2.12. The van der Waals surface area contributed by atoms with Crippen LogP contribution in [0.2, 0.25) is 10.0 Å². The molecule has 0 radical (unpaired) electrons. The van der Waals surface area contributed by atoms with Crippen LogP contribution in [0.1, 0.15) is 32.1 Å². The van der Waals surface area contributed by atoms with Crippen molar-refractivity contribution in [3.8, 4) is 0 Å². The highest BCUT2D eigenvalue weighted by Crippen LogP contribution is 2.35. The van der Waals surface area contributed by atoms with Crippen molar-refractivity contribution in [2.75, 3.05) is 10.6 Å². The van der Waals surface area contributed by atoms with Gasteiger partial charge in [-0.1, -0.05) is 42.5 Å². The third kappa shape index (κ3) is 4.29. The summed E-state index contributed by atoms with van der Waals surface area (Å²) in [5, 5.41) is 18.5. The fraction of sp³-hybridized carbons (Fsp3) is 0.375. The summed E-state index contributed by atoms with van der Waals surface area (Å²) in [5.41, 5.74) is 0.240. The Bertz CT molecular complexity index is 781. The molecule has 0 aliphatic heterocycles.